The zero-order valence-electron chi connectivity index (χ0n) is 15.1. The predicted molar refractivity (Wildman–Crippen MR) is 111 cm³/mol. The van der Waals surface area contributed by atoms with Gasteiger partial charge in [0.15, 0.2) is 0 Å². The fourth-order valence-corrected chi connectivity index (χ4v) is 3.79. The second kappa shape index (κ2) is 6.64. The van der Waals surface area contributed by atoms with E-state index >= 15 is 0 Å². The molecule has 0 saturated heterocycles. The molecule has 0 amide bonds. The molecule has 4 nitrogen and oxygen atoms in total. The molecule has 0 aliphatic heterocycles. The van der Waals surface area contributed by atoms with Gasteiger partial charge in [0.1, 0.15) is 11.8 Å². The fourth-order valence-electron chi connectivity index (χ4n) is 3.79. The van der Waals surface area contributed by atoms with Crippen LogP contribution in [0.25, 0.3) is 32.8 Å². The lowest BCUT2D eigenvalue weighted by Crippen LogP contribution is -2.03. The van der Waals surface area contributed by atoms with E-state index in [1.807, 2.05) is 77.6 Å². The molecule has 132 valence electrons. The zero-order chi connectivity index (χ0) is 18.9. The second-order valence-electron chi connectivity index (χ2n) is 6.72. The summed E-state index contributed by atoms with van der Waals surface area (Å²) in [5, 5.41) is 22.6. The largest absolute Gasteiger partial charge is 0.247 e. The van der Waals surface area contributed by atoms with Gasteiger partial charge in [0.25, 0.3) is 0 Å². The Labute approximate surface area is 162 Å². The van der Waals surface area contributed by atoms with Crippen LogP contribution in [0.2, 0.25) is 0 Å². The maximum atomic E-state index is 9.77. The van der Waals surface area contributed by atoms with Crippen LogP contribution in [0.3, 0.4) is 0 Å². The van der Waals surface area contributed by atoms with Crippen molar-refractivity contribution in [3.8, 4) is 17.3 Å². The van der Waals surface area contributed by atoms with E-state index in [0.29, 0.717) is 6.54 Å². The van der Waals surface area contributed by atoms with Crippen molar-refractivity contribution in [2.45, 2.75) is 6.54 Å². The molecule has 28 heavy (non-hydrogen) atoms. The maximum Gasteiger partial charge on any atom is 0.113 e. The van der Waals surface area contributed by atoms with E-state index in [1.54, 1.807) is 0 Å². The van der Waals surface area contributed by atoms with Gasteiger partial charge in [-0.1, -0.05) is 84.1 Å². The third-order valence-electron chi connectivity index (χ3n) is 5.08. The number of rotatable bonds is 3. The summed E-state index contributed by atoms with van der Waals surface area (Å²) in [4.78, 5) is 0. The first kappa shape index (κ1) is 16.2. The zero-order valence-corrected chi connectivity index (χ0v) is 15.1. The highest BCUT2D eigenvalue weighted by Gasteiger charge is 2.14. The molecule has 0 saturated carbocycles. The van der Waals surface area contributed by atoms with Crippen LogP contribution in [0.15, 0.2) is 85.1 Å². The van der Waals surface area contributed by atoms with Crippen molar-refractivity contribution in [3.05, 3.63) is 96.2 Å². The minimum absolute atomic E-state index is 0.590. The average Bonchev–Trinajstić information content (AvgIpc) is 3.23. The summed E-state index contributed by atoms with van der Waals surface area (Å²) in [6, 6.07) is 28.6. The van der Waals surface area contributed by atoms with Crippen molar-refractivity contribution >= 4 is 21.5 Å². The molecule has 0 fully saturated rings. The van der Waals surface area contributed by atoms with Crippen LogP contribution in [0.4, 0.5) is 0 Å². The molecule has 0 aliphatic rings. The van der Waals surface area contributed by atoms with Crippen LogP contribution in [0.1, 0.15) is 11.1 Å². The topological polar surface area (TPSA) is 54.5 Å². The van der Waals surface area contributed by atoms with Crippen molar-refractivity contribution in [3.63, 3.8) is 0 Å². The number of aromatic nitrogens is 3. The summed E-state index contributed by atoms with van der Waals surface area (Å²) in [5.74, 6) is 0. The van der Waals surface area contributed by atoms with Gasteiger partial charge in [-0.05, 0) is 16.3 Å². The van der Waals surface area contributed by atoms with Gasteiger partial charge in [0.2, 0.25) is 0 Å². The molecule has 0 spiro atoms. The molecule has 4 aromatic carbocycles. The summed E-state index contributed by atoms with van der Waals surface area (Å²) >= 11 is 0. The highest BCUT2D eigenvalue weighted by molar-refractivity contribution is 6.07. The molecule has 0 atom stereocenters. The SMILES string of the molecule is N#Cc1c2ccccc2c(Cn2cc(-c3ccccc3)nn2)c2ccccc12. The van der Waals surface area contributed by atoms with E-state index in [0.717, 1.165) is 43.9 Å². The minimum atomic E-state index is 0.590. The summed E-state index contributed by atoms with van der Waals surface area (Å²) in [7, 11) is 0. The van der Waals surface area contributed by atoms with E-state index in [-0.39, 0.29) is 0 Å². The van der Waals surface area contributed by atoms with E-state index in [2.05, 4.69) is 28.5 Å². The third kappa shape index (κ3) is 2.62. The first-order valence-corrected chi connectivity index (χ1v) is 9.13. The molecule has 4 heteroatoms. The van der Waals surface area contributed by atoms with E-state index < -0.39 is 0 Å². The molecule has 0 unspecified atom stereocenters. The summed E-state index contributed by atoms with van der Waals surface area (Å²) < 4.78 is 1.86. The number of hydrogen-bond donors (Lipinski definition) is 0. The molecule has 0 radical (unpaired) electrons. The Morgan fingerprint density at radius 2 is 1.32 bits per heavy atom. The van der Waals surface area contributed by atoms with Gasteiger partial charge in [-0.25, -0.2) is 4.68 Å². The first-order chi connectivity index (χ1) is 13.8. The number of benzene rings is 4. The predicted octanol–water partition coefficient (Wildman–Crippen LogP) is 5.17. The summed E-state index contributed by atoms with van der Waals surface area (Å²) in [6.07, 6.45) is 1.97. The maximum absolute atomic E-state index is 9.77. The molecule has 5 rings (SSSR count). The second-order valence-corrected chi connectivity index (χ2v) is 6.72. The van der Waals surface area contributed by atoms with Crippen LogP contribution in [0.5, 0.6) is 0 Å². The summed E-state index contributed by atoms with van der Waals surface area (Å²) in [6.45, 7) is 0.590. The highest BCUT2D eigenvalue weighted by Crippen LogP contribution is 2.33. The molecule has 1 aromatic heterocycles. The lowest BCUT2D eigenvalue weighted by Gasteiger charge is -2.13. The van der Waals surface area contributed by atoms with Crippen LogP contribution in [-0.4, -0.2) is 15.0 Å². The van der Waals surface area contributed by atoms with E-state index in [9.17, 15) is 5.26 Å². The molecule has 0 N–H and O–H groups in total. The monoisotopic (exact) mass is 360 g/mol. The smallest absolute Gasteiger partial charge is 0.113 e. The van der Waals surface area contributed by atoms with Crippen molar-refractivity contribution in [1.82, 2.24) is 15.0 Å². The molecule has 1 heterocycles. The van der Waals surface area contributed by atoms with Crippen LogP contribution < -0.4 is 0 Å². The Kier molecular flexibility index (Phi) is 3.85. The van der Waals surface area contributed by atoms with Crippen molar-refractivity contribution in [2.24, 2.45) is 0 Å². The van der Waals surface area contributed by atoms with Gasteiger partial charge < -0.3 is 0 Å². The number of hydrogen-bond acceptors (Lipinski definition) is 3. The summed E-state index contributed by atoms with van der Waals surface area (Å²) in [5.41, 5.74) is 3.76. The third-order valence-corrected chi connectivity index (χ3v) is 5.08. The fraction of sp³-hybridized carbons (Fsp3) is 0.0417. The Morgan fingerprint density at radius 1 is 0.750 bits per heavy atom. The van der Waals surface area contributed by atoms with Crippen molar-refractivity contribution in [2.75, 3.05) is 0 Å². The Morgan fingerprint density at radius 3 is 1.93 bits per heavy atom. The number of fused-ring (bicyclic) bond motifs is 2. The van der Waals surface area contributed by atoms with Gasteiger partial charge in [-0.2, -0.15) is 5.26 Å². The lowest BCUT2D eigenvalue weighted by molar-refractivity contribution is 0.655. The van der Waals surface area contributed by atoms with Gasteiger partial charge in [0.05, 0.1) is 18.3 Å². The molecule has 0 aliphatic carbocycles. The first-order valence-electron chi connectivity index (χ1n) is 9.13. The van der Waals surface area contributed by atoms with Gasteiger partial charge in [-0.3, -0.25) is 0 Å². The van der Waals surface area contributed by atoms with Crippen LogP contribution in [0, 0.1) is 11.3 Å². The number of nitrogens with zero attached hydrogens (tertiary/aromatic N) is 4. The van der Waals surface area contributed by atoms with Crippen molar-refractivity contribution in [1.29, 1.82) is 5.26 Å². The van der Waals surface area contributed by atoms with Gasteiger partial charge in [-0.15, -0.1) is 5.10 Å². The van der Waals surface area contributed by atoms with E-state index in [1.165, 1.54) is 0 Å². The molecular weight excluding hydrogens is 344 g/mol. The molecule has 5 aromatic rings. The van der Waals surface area contributed by atoms with Gasteiger partial charge in [0, 0.05) is 16.3 Å². The molecule has 0 bridgehead atoms. The standard InChI is InChI=1S/C24H16N4/c25-14-22-18-10-4-6-12-20(18)23(21-13-7-5-11-19(21)22)15-28-16-24(26-27-28)17-8-2-1-3-9-17/h1-13,16H,15H2. The average molecular weight is 360 g/mol. The minimum Gasteiger partial charge on any atom is -0.247 e. The molecular formula is C24H16N4. The van der Waals surface area contributed by atoms with Gasteiger partial charge >= 0.3 is 0 Å². The quantitative estimate of drug-likeness (QED) is 0.417. The lowest BCUT2D eigenvalue weighted by atomic mass is 9.92. The highest BCUT2D eigenvalue weighted by atomic mass is 15.4. The van der Waals surface area contributed by atoms with Crippen LogP contribution in [-0.2, 0) is 6.54 Å². The Hall–Kier alpha value is -3.97. The van der Waals surface area contributed by atoms with Crippen LogP contribution >= 0.6 is 0 Å². The van der Waals surface area contributed by atoms with Crippen molar-refractivity contribution < 1.29 is 0 Å². The normalized spacial score (nSPS) is 11.0. The Balaban J connectivity index is 1.69. The van der Waals surface area contributed by atoms with E-state index in [4.69, 9.17) is 0 Å². The number of nitriles is 1. The Bertz CT molecular complexity index is 1290.